The second-order valence-corrected chi connectivity index (χ2v) is 7.74. The molecule has 1 aromatic heterocycles. The van der Waals surface area contributed by atoms with Crippen LogP contribution in [0, 0.1) is 13.8 Å². The van der Waals surface area contributed by atoms with E-state index < -0.39 is 0 Å². The zero-order chi connectivity index (χ0) is 22.0. The number of fused-ring (bicyclic) bond motifs is 1. The van der Waals surface area contributed by atoms with Crippen molar-refractivity contribution < 1.29 is 13.9 Å². The average molecular weight is 434 g/mol. The van der Waals surface area contributed by atoms with Crippen molar-refractivity contribution in [2.75, 3.05) is 11.9 Å². The molecule has 0 saturated heterocycles. The van der Waals surface area contributed by atoms with Crippen LogP contribution in [-0.2, 0) is 4.79 Å². The summed E-state index contributed by atoms with van der Waals surface area (Å²) in [4.78, 5) is 25.1. The van der Waals surface area contributed by atoms with Crippen LogP contribution in [0.1, 0.15) is 11.1 Å². The zero-order valence-electron chi connectivity index (χ0n) is 17.1. The van der Waals surface area contributed by atoms with E-state index >= 15 is 0 Å². The smallest absolute Gasteiger partial charge is 0.262 e. The molecule has 1 N–H and O–H groups in total. The molecule has 0 unspecified atom stereocenters. The Morgan fingerprint density at radius 1 is 1.03 bits per heavy atom. The molecule has 0 saturated carbocycles. The molecular weight excluding hydrogens is 414 g/mol. The SMILES string of the molecule is Cc1ccc(NC(=O)COc2ccc3c(=O)c(-c4ccc(Cl)cc4)coc3c2)c(C)c1. The summed E-state index contributed by atoms with van der Waals surface area (Å²) < 4.78 is 11.3. The third-order valence-electron chi connectivity index (χ3n) is 4.93. The Kier molecular flexibility index (Phi) is 5.78. The van der Waals surface area contributed by atoms with E-state index in [9.17, 15) is 9.59 Å². The van der Waals surface area contributed by atoms with Gasteiger partial charge in [0.2, 0.25) is 0 Å². The third kappa shape index (κ3) is 4.62. The second kappa shape index (κ2) is 8.66. The van der Waals surface area contributed by atoms with Crippen LogP contribution in [0.25, 0.3) is 22.1 Å². The zero-order valence-corrected chi connectivity index (χ0v) is 17.8. The maximum atomic E-state index is 12.9. The van der Waals surface area contributed by atoms with Gasteiger partial charge < -0.3 is 14.5 Å². The molecule has 3 aromatic carbocycles. The van der Waals surface area contributed by atoms with Crippen molar-refractivity contribution in [2.45, 2.75) is 13.8 Å². The molecule has 0 fully saturated rings. The molecule has 1 heterocycles. The van der Waals surface area contributed by atoms with Gasteiger partial charge in [0, 0.05) is 16.8 Å². The van der Waals surface area contributed by atoms with Crippen LogP contribution in [0.2, 0.25) is 5.02 Å². The fraction of sp³-hybridized carbons (Fsp3) is 0.120. The largest absolute Gasteiger partial charge is 0.484 e. The van der Waals surface area contributed by atoms with Gasteiger partial charge in [-0.3, -0.25) is 9.59 Å². The summed E-state index contributed by atoms with van der Waals surface area (Å²) in [5, 5.41) is 3.86. The quantitative estimate of drug-likeness (QED) is 0.435. The summed E-state index contributed by atoms with van der Waals surface area (Å²) in [6.45, 7) is 3.78. The molecule has 4 aromatic rings. The average Bonchev–Trinajstić information content (AvgIpc) is 2.75. The minimum absolute atomic E-state index is 0.150. The molecule has 156 valence electrons. The maximum absolute atomic E-state index is 12.9. The highest BCUT2D eigenvalue weighted by Crippen LogP contribution is 2.24. The molecule has 0 atom stereocenters. The number of halogens is 1. The van der Waals surface area contributed by atoms with E-state index in [2.05, 4.69) is 5.32 Å². The van der Waals surface area contributed by atoms with E-state index in [-0.39, 0.29) is 17.9 Å². The predicted octanol–water partition coefficient (Wildman–Crippen LogP) is 5.75. The topological polar surface area (TPSA) is 68.5 Å². The minimum atomic E-state index is -0.272. The molecule has 0 spiro atoms. The Balaban J connectivity index is 1.49. The first kappa shape index (κ1) is 20.7. The van der Waals surface area contributed by atoms with Crippen molar-refractivity contribution in [3.05, 3.63) is 93.3 Å². The first-order chi connectivity index (χ1) is 14.9. The Bertz CT molecular complexity index is 1330. The number of rotatable bonds is 5. The molecule has 31 heavy (non-hydrogen) atoms. The molecule has 0 bridgehead atoms. The van der Waals surface area contributed by atoms with Gasteiger partial charge in [-0.2, -0.15) is 0 Å². The lowest BCUT2D eigenvalue weighted by Gasteiger charge is -2.10. The molecule has 6 heteroatoms. The van der Waals surface area contributed by atoms with E-state index in [4.69, 9.17) is 20.8 Å². The number of nitrogens with one attached hydrogen (secondary N) is 1. The van der Waals surface area contributed by atoms with Gasteiger partial charge in [-0.25, -0.2) is 0 Å². The van der Waals surface area contributed by atoms with E-state index in [1.807, 2.05) is 32.0 Å². The maximum Gasteiger partial charge on any atom is 0.262 e. The highest BCUT2D eigenvalue weighted by molar-refractivity contribution is 6.30. The number of anilines is 1. The van der Waals surface area contributed by atoms with Gasteiger partial charge >= 0.3 is 0 Å². The summed E-state index contributed by atoms with van der Waals surface area (Å²) in [5.41, 5.74) is 4.27. The van der Waals surface area contributed by atoms with Crippen LogP contribution in [-0.4, -0.2) is 12.5 Å². The van der Waals surface area contributed by atoms with Gasteiger partial charge in [-0.15, -0.1) is 0 Å². The van der Waals surface area contributed by atoms with E-state index in [0.717, 1.165) is 22.4 Å². The first-order valence-electron chi connectivity index (χ1n) is 9.72. The number of ether oxygens (including phenoxy) is 1. The fourth-order valence-electron chi connectivity index (χ4n) is 3.32. The number of amides is 1. The van der Waals surface area contributed by atoms with Gasteiger partial charge in [0.1, 0.15) is 17.6 Å². The molecule has 0 radical (unpaired) electrons. The van der Waals surface area contributed by atoms with Crippen molar-refractivity contribution in [2.24, 2.45) is 0 Å². The molecule has 0 aliphatic rings. The van der Waals surface area contributed by atoms with E-state index in [1.54, 1.807) is 42.5 Å². The minimum Gasteiger partial charge on any atom is -0.484 e. The molecule has 0 aliphatic heterocycles. The number of carbonyl (C=O) groups is 1. The fourth-order valence-corrected chi connectivity index (χ4v) is 3.44. The number of hydrogen-bond acceptors (Lipinski definition) is 4. The number of benzene rings is 3. The van der Waals surface area contributed by atoms with Gasteiger partial charge in [0.25, 0.3) is 5.91 Å². The highest BCUT2D eigenvalue weighted by Gasteiger charge is 2.11. The molecule has 5 nitrogen and oxygen atoms in total. The van der Waals surface area contributed by atoms with Crippen molar-refractivity contribution >= 4 is 34.2 Å². The van der Waals surface area contributed by atoms with Crippen LogP contribution in [0.4, 0.5) is 5.69 Å². The Hall–Kier alpha value is -3.57. The molecular formula is C25H20ClNO4. The van der Waals surface area contributed by atoms with Crippen molar-refractivity contribution in [1.82, 2.24) is 0 Å². The van der Waals surface area contributed by atoms with Crippen molar-refractivity contribution in [3.8, 4) is 16.9 Å². The standard InChI is InChI=1S/C25H20ClNO4/c1-15-3-10-22(16(2)11-15)27-24(28)14-30-19-8-9-20-23(12-19)31-13-21(25(20)29)17-4-6-18(26)7-5-17/h3-13H,14H2,1-2H3,(H,27,28). The summed E-state index contributed by atoms with van der Waals surface area (Å²) in [6, 6.07) is 17.7. The number of hydrogen-bond donors (Lipinski definition) is 1. The van der Waals surface area contributed by atoms with E-state index in [0.29, 0.717) is 27.3 Å². The van der Waals surface area contributed by atoms with Crippen LogP contribution in [0.5, 0.6) is 5.75 Å². The van der Waals surface area contributed by atoms with Gasteiger partial charge in [0.05, 0.1) is 10.9 Å². The summed E-state index contributed by atoms with van der Waals surface area (Å²) in [5.74, 6) is 0.164. The van der Waals surface area contributed by atoms with Crippen molar-refractivity contribution in [1.29, 1.82) is 0 Å². The molecule has 1 amide bonds. The summed E-state index contributed by atoms with van der Waals surface area (Å²) in [6.07, 6.45) is 1.42. The van der Waals surface area contributed by atoms with Gasteiger partial charge in [-0.05, 0) is 55.3 Å². The highest BCUT2D eigenvalue weighted by atomic mass is 35.5. The van der Waals surface area contributed by atoms with Crippen LogP contribution < -0.4 is 15.5 Å². The van der Waals surface area contributed by atoms with Gasteiger partial charge in [-0.1, -0.05) is 41.4 Å². The van der Waals surface area contributed by atoms with E-state index in [1.165, 1.54) is 6.26 Å². The Labute approximate surface area is 184 Å². The predicted molar refractivity (Wildman–Crippen MR) is 123 cm³/mol. The Morgan fingerprint density at radius 2 is 1.81 bits per heavy atom. The lowest BCUT2D eigenvalue weighted by molar-refractivity contribution is -0.118. The van der Waals surface area contributed by atoms with Crippen LogP contribution in [0.3, 0.4) is 0 Å². The molecule has 0 aliphatic carbocycles. The lowest BCUT2D eigenvalue weighted by Crippen LogP contribution is -2.20. The van der Waals surface area contributed by atoms with Crippen molar-refractivity contribution in [3.63, 3.8) is 0 Å². The van der Waals surface area contributed by atoms with Gasteiger partial charge in [0.15, 0.2) is 12.0 Å². The lowest BCUT2D eigenvalue weighted by atomic mass is 10.1. The van der Waals surface area contributed by atoms with Crippen LogP contribution >= 0.6 is 11.6 Å². The molecule has 4 rings (SSSR count). The first-order valence-corrected chi connectivity index (χ1v) is 10.1. The summed E-state index contributed by atoms with van der Waals surface area (Å²) >= 11 is 5.92. The monoisotopic (exact) mass is 433 g/mol. The second-order valence-electron chi connectivity index (χ2n) is 7.30. The number of aryl methyl sites for hydroxylation is 2. The summed E-state index contributed by atoms with van der Waals surface area (Å²) in [7, 11) is 0. The normalized spacial score (nSPS) is 10.8. The Morgan fingerprint density at radius 3 is 2.55 bits per heavy atom. The third-order valence-corrected chi connectivity index (χ3v) is 5.18. The van der Waals surface area contributed by atoms with Crippen LogP contribution in [0.15, 0.2) is 76.1 Å². The number of carbonyl (C=O) groups excluding carboxylic acids is 1.